The molecule has 0 unspecified atom stereocenters. The van der Waals surface area contributed by atoms with Crippen LogP contribution >= 0.6 is 11.8 Å². The summed E-state index contributed by atoms with van der Waals surface area (Å²) in [5, 5.41) is 11.8. The van der Waals surface area contributed by atoms with Gasteiger partial charge in [-0.25, -0.2) is 0 Å². The van der Waals surface area contributed by atoms with Crippen molar-refractivity contribution in [2.75, 3.05) is 24.7 Å². The van der Waals surface area contributed by atoms with Gasteiger partial charge >= 0.3 is 11.9 Å². The zero-order valence-corrected chi connectivity index (χ0v) is 28.0. The van der Waals surface area contributed by atoms with Gasteiger partial charge in [0.1, 0.15) is 12.7 Å². The van der Waals surface area contributed by atoms with Gasteiger partial charge in [0.15, 0.2) is 0 Å². The van der Waals surface area contributed by atoms with Crippen LogP contribution in [0.4, 0.5) is 0 Å². The van der Waals surface area contributed by atoms with Crippen molar-refractivity contribution in [1.82, 2.24) is 5.32 Å². The molecule has 0 bridgehead atoms. The number of rotatable bonds is 30. The normalized spacial score (nSPS) is 13.4. The lowest BCUT2D eigenvalue weighted by atomic mass is 10.1. The average molecular weight is 617 g/mol. The molecule has 0 rings (SSSR count). The predicted molar refractivity (Wildman–Crippen MR) is 175 cm³/mol. The van der Waals surface area contributed by atoms with Crippen molar-refractivity contribution in [2.24, 2.45) is 5.73 Å². The summed E-state index contributed by atoms with van der Waals surface area (Å²) in [6.45, 7) is 5.99. The van der Waals surface area contributed by atoms with Crippen molar-refractivity contribution in [3.8, 4) is 0 Å². The number of carbonyl (C=O) groups is 3. The third-order valence-corrected chi connectivity index (χ3v) is 8.50. The number of aliphatic hydroxyl groups excluding tert-OH is 1. The predicted octanol–water partition coefficient (Wildman–Crippen LogP) is 6.84. The van der Waals surface area contributed by atoms with Crippen LogP contribution in [0.5, 0.6) is 0 Å². The highest BCUT2D eigenvalue weighted by Crippen LogP contribution is 2.14. The van der Waals surface area contributed by atoms with Crippen molar-refractivity contribution in [3.63, 3.8) is 0 Å². The molecule has 0 aliphatic rings. The molecule has 0 aromatic carbocycles. The standard InChI is InChI=1S/C33H64N2O6S/c1-4-6-8-10-12-14-16-18-20-22-31(37)40-25-29(26-42-27-30(34)33(39)35-28(3)24-36)41-32(38)23-21-19-17-15-13-11-9-7-5-2/h28-30,36H,4-27,34H2,1-3H3,(H,35,39)/t28-,29+,30-/m0/s1. The van der Waals surface area contributed by atoms with E-state index in [1.54, 1.807) is 6.92 Å². The van der Waals surface area contributed by atoms with Gasteiger partial charge in [0.05, 0.1) is 12.6 Å². The van der Waals surface area contributed by atoms with Crippen molar-refractivity contribution < 1.29 is 29.0 Å². The van der Waals surface area contributed by atoms with Crippen LogP contribution in [-0.4, -0.2) is 65.9 Å². The number of hydrogen-bond donors (Lipinski definition) is 3. The first-order valence-electron chi connectivity index (χ1n) is 16.9. The lowest BCUT2D eigenvalue weighted by Crippen LogP contribution is -2.47. The molecule has 0 saturated carbocycles. The van der Waals surface area contributed by atoms with Gasteiger partial charge in [-0.15, -0.1) is 0 Å². The molecule has 3 atom stereocenters. The van der Waals surface area contributed by atoms with E-state index in [0.29, 0.717) is 24.3 Å². The summed E-state index contributed by atoms with van der Waals surface area (Å²) < 4.78 is 11.2. The van der Waals surface area contributed by atoms with Crippen molar-refractivity contribution in [1.29, 1.82) is 0 Å². The molecular formula is C33H64N2O6S. The maximum Gasteiger partial charge on any atom is 0.306 e. The number of esters is 2. The first-order valence-corrected chi connectivity index (χ1v) is 18.1. The molecule has 248 valence electrons. The Balaban J connectivity index is 4.44. The van der Waals surface area contributed by atoms with Crippen LogP contribution in [0.25, 0.3) is 0 Å². The van der Waals surface area contributed by atoms with Crippen LogP contribution < -0.4 is 11.1 Å². The Hall–Kier alpha value is -1.32. The smallest absolute Gasteiger partial charge is 0.306 e. The molecule has 42 heavy (non-hydrogen) atoms. The first kappa shape index (κ1) is 40.7. The van der Waals surface area contributed by atoms with E-state index >= 15 is 0 Å². The van der Waals surface area contributed by atoms with Crippen LogP contribution in [0.3, 0.4) is 0 Å². The van der Waals surface area contributed by atoms with E-state index in [4.69, 9.17) is 20.3 Å². The largest absolute Gasteiger partial charge is 0.462 e. The van der Waals surface area contributed by atoms with E-state index in [0.717, 1.165) is 38.5 Å². The van der Waals surface area contributed by atoms with Gasteiger partial charge < -0.3 is 25.6 Å². The monoisotopic (exact) mass is 616 g/mol. The van der Waals surface area contributed by atoms with E-state index in [1.807, 2.05) is 0 Å². The molecule has 0 heterocycles. The van der Waals surface area contributed by atoms with Crippen molar-refractivity contribution in [3.05, 3.63) is 0 Å². The minimum Gasteiger partial charge on any atom is -0.462 e. The fourth-order valence-electron chi connectivity index (χ4n) is 4.58. The zero-order chi connectivity index (χ0) is 31.3. The number of nitrogens with one attached hydrogen (secondary N) is 1. The van der Waals surface area contributed by atoms with Crippen LogP contribution in [0.15, 0.2) is 0 Å². The van der Waals surface area contributed by atoms with Gasteiger partial charge in [0, 0.05) is 30.4 Å². The minimum absolute atomic E-state index is 0.00967. The molecular weight excluding hydrogens is 552 g/mol. The average Bonchev–Trinajstić information content (AvgIpc) is 2.97. The molecule has 0 spiro atoms. The number of thioether (sulfide) groups is 1. The molecule has 0 aromatic rings. The summed E-state index contributed by atoms with van der Waals surface area (Å²) in [7, 11) is 0. The molecule has 4 N–H and O–H groups in total. The van der Waals surface area contributed by atoms with Gasteiger partial charge in [0.25, 0.3) is 0 Å². The van der Waals surface area contributed by atoms with Crippen LogP contribution in [0, 0.1) is 0 Å². The number of aliphatic hydroxyl groups is 1. The molecule has 1 amide bonds. The number of amides is 1. The number of unbranched alkanes of at least 4 members (excludes halogenated alkanes) is 16. The van der Waals surface area contributed by atoms with Gasteiger partial charge in [-0.3, -0.25) is 14.4 Å². The van der Waals surface area contributed by atoms with E-state index in [1.165, 1.54) is 88.8 Å². The lowest BCUT2D eigenvalue weighted by molar-refractivity contribution is -0.157. The number of ether oxygens (including phenoxy) is 2. The highest BCUT2D eigenvalue weighted by atomic mass is 32.2. The maximum absolute atomic E-state index is 12.5. The first-order chi connectivity index (χ1) is 20.3. The summed E-state index contributed by atoms with van der Waals surface area (Å²) >= 11 is 1.39. The van der Waals surface area contributed by atoms with Gasteiger partial charge in [-0.05, 0) is 19.8 Å². The molecule has 0 aliphatic heterocycles. The molecule has 9 heteroatoms. The van der Waals surface area contributed by atoms with Crippen molar-refractivity contribution in [2.45, 2.75) is 167 Å². The second kappa shape index (κ2) is 29.7. The number of carbonyl (C=O) groups excluding carboxylic acids is 3. The summed E-state index contributed by atoms with van der Waals surface area (Å²) in [6, 6.07) is -1.12. The highest BCUT2D eigenvalue weighted by molar-refractivity contribution is 7.99. The Morgan fingerprint density at radius 1 is 0.714 bits per heavy atom. The molecule has 8 nitrogen and oxygen atoms in total. The Morgan fingerprint density at radius 2 is 1.17 bits per heavy atom. The quantitative estimate of drug-likeness (QED) is 0.0591. The molecule has 0 aliphatic carbocycles. The molecule has 0 fully saturated rings. The zero-order valence-electron chi connectivity index (χ0n) is 27.2. The fraction of sp³-hybridized carbons (Fsp3) is 0.909. The SMILES string of the molecule is CCCCCCCCCCCC(=O)OC[C@H](CSC[C@H](N)C(=O)N[C@@H](C)CO)OC(=O)CCCCCCCCCCC. The topological polar surface area (TPSA) is 128 Å². The Kier molecular flexibility index (Phi) is 28.8. The van der Waals surface area contributed by atoms with E-state index in [9.17, 15) is 14.4 Å². The van der Waals surface area contributed by atoms with Crippen LogP contribution in [0.2, 0.25) is 0 Å². The number of hydrogen-bond acceptors (Lipinski definition) is 8. The number of nitrogens with two attached hydrogens (primary N) is 1. The minimum atomic E-state index is -0.753. The summed E-state index contributed by atoms with van der Waals surface area (Å²) in [4.78, 5) is 37.0. The second-order valence-corrected chi connectivity index (χ2v) is 12.8. The van der Waals surface area contributed by atoms with E-state index < -0.39 is 12.1 Å². The summed E-state index contributed by atoms with van der Waals surface area (Å²) in [6.07, 6.45) is 21.3. The maximum atomic E-state index is 12.5. The Labute approximate surface area is 261 Å². The van der Waals surface area contributed by atoms with Gasteiger partial charge in [-0.2, -0.15) is 11.8 Å². The van der Waals surface area contributed by atoms with E-state index in [2.05, 4.69) is 19.2 Å². The fourth-order valence-corrected chi connectivity index (χ4v) is 5.55. The van der Waals surface area contributed by atoms with E-state index in [-0.39, 0.29) is 37.1 Å². The third-order valence-electron chi connectivity index (χ3n) is 7.30. The lowest BCUT2D eigenvalue weighted by Gasteiger charge is -2.19. The summed E-state index contributed by atoms with van der Waals surface area (Å²) in [5.41, 5.74) is 5.98. The van der Waals surface area contributed by atoms with Gasteiger partial charge in [0.2, 0.25) is 5.91 Å². The van der Waals surface area contributed by atoms with Crippen LogP contribution in [-0.2, 0) is 23.9 Å². The van der Waals surface area contributed by atoms with Crippen LogP contribution in [0.1, 0.15) is 149 Å². The molecule has 0 radical (unpaired) electrons. The Bertz CT molecular complexity index is 666. The molecule has 0 aromatic heterocycles. The summed E-state index contributed by atoms with van der Waals surface area (Å²) in [5.74, 6) is -0.182. The highest BCUT2D eigenvalue weighted by Gasteiger charge is 2.20. The molecule has 0 saturated heterocycles. The third kappa shape index (κ3) is 26.3. The van der Waals surface area contributed by atoms with Gasteiger partial charge in [-0.1, -0.05) is 117 Å². The second-order valence-electron chi connectivity index (χ2n) is 11.7. The van der Waals surface area contributed by atoms with Crippen molar-refractivity contribution >= 4 is 29.6 Å². The Morgan fingerprint density at radius 3 is 1.64 bits per heavy atom.